The van der Waals surface area contributed by atoms with E-state index in [0.29, 0.717) is 6.07 Å². The molecule has 11 heteroatoms. The predicted octanol–water partition coefficient (Wildman–Crippen LogP) is 2.00. The van der Waals surface area contributed by atoms with Gasteiger partial charge in [-0.05, 0) is 6.92 Å². The first-order chi connectivity index (χ1) is 10.2. The molecule has 1 aromatic heterocycles. The van der Waals surface area contributed by atoms with Crippen LogP contribution in [0.3, 0.4) is 0 Å². The van der Waals surface area contributed by atoms with E-state index < -0.39 is 46.7 Å². The molecule has 22 heavy (non-hydrogen) atoms. The first-order valence-electron chi connectivity index (χ1n) is 5.81. The summed E-state index contributed by atoms with van der Waals surface area (Å²) in [5, 5.41) is 10.8. The van der Waals surface area contributed by atoms with E-state index in [9.17, 15) is 28.1 Å². The van der Waals surface area contributed by atoms with Crippen LogP contribution in [0.4, 0.5) is 18.9 Å². The minimum Gasteiger partial charge on any atom is -0.476 e. The Morgan fingerprint density at radius 3 is 2.55 bits per heavy atom. The second kappa shape index (κ2) is 6.91. The molecule has 0 unspecified atom stereocenters. The zero-order chi connectivity index (χ0) is 16.9. The smallest absolute Gasteiger partial charge is 0.476 e. The molecule has 0 aliphatic heterocycles. The summed E-state index contributed by atoms with van der Waals surface area (Å²) in [5.74, 6) is -2.37. The molecule has 0 amide bonds. The lowest BCUT2D eigenvalue weighted by Gasteiger charge is -2.13. The number of aromatic nitrogens is 1. The van der Waals surface area contributed by atoms with Crippen molar-refractivity contribution in [3.63, 3.8) is 0 Å². The lowest BCUT2D eigenvalue weighted by atomic mass is 10.2. The van der Waals surface area contributed by atoms with Crippen LogP contribution in [0.1, 0.15) is 12.6 Å². The van der Waals surface area contributed by atoms with Crippen LogP contribution in [0.15, 0.2) is 6.07 Å². The number of hydrogen-bond donors (Lipinski definition) is 0. The highest BCUT2D eigenvalue weighted by molar-refractivity contribution is 5.73. The SMILES string of the molecule is CCOC(=O)Cc1nc(OC)c([N+](=O)[O-])cc1OC(F)(F)F. The number of methoxy groups -OCH3 is 1. The Kier molecular flexibility index (Phi) is 5.49. The molecule has 0 saturated carbocycles. The van der Waals surface area contributed by atoms with Crippen molar-refractivity contribution in [2.75, 3.05) is 13.7 Å². The van der Waals surface area contributed by atoms with E-state index in [0.717, 1.165) is 7.11 Å². The third-order valence-electron chi connectivity index (χ3n) is 2.24. The van der Waals surface area contributed by atoms with E-state index in [1.54, 1.807) is 0 Å². The lowest BCUT2D eigenvalue weighted by Crippen LogP contribution is -2.20. The van der Waals surface area contributed by atoms with Gasteiger partial charge in [0, 0.05) is 0 Å². The fraction of sp³-hybridized carbons (Fsp3) is 0.455. The topological polar surface area (TPSA) is 101 Å². The predicted molar refractivity (Wildman–Crippen MR) is 64.5 cm³/mol. The number of carbonyl (C=O) groups is 1. The number of pyridine rings is 1. The van der Waals surface area contributed by atoms with Crippen LogP contribution >= 0.6 is 0 Å². The summed E-state index contributed by atoms with van der Waals surface area (Å²) in [6.45, 7) is 1.52. The largest absolute Gasteiger partial charge is 0.573 e. The third-order valence-corrected chi connectivity index (χ3v) is 2.24. The number of rotatable bonds is 6. The van der Waals surface area contributed by atoms with E-state index in [1.165, 1.54) is 6.92 Å². The van der Waals surface area contributed by atoms with Crippen LogP contribution in [-0.2, 0) is 16.0 Å². The number of nitrogens with zero attached hydrogens (tertiary/aromatic N) is 2. The van der Waals surface area contributed by atoms with Gasteiger partial charge in [-0.15, -0.1) is 13.2 Å². The molecule has 0 aromatic carbocycles. The molecule has 0 saturated heterocycles. The Hall–Kier alpha value is -2.59. The van der Waals surface area contributed by atoms with Gasteiger partial charge in [0.15, 0.2) is 5.75 Å². The number of ether oxygens (including phenoxy) is 3. The maximum Gasteiger partial charge on any atom is 0.573 e. The van der Waals surface area contributed by atoms with E-state index in [-0.39, 0.29) is 6.61 Å². The third kappa shape index (κ3) is 4.75. The summed E-state index contributed by atoms with van der Waals surface area (Å²) in [7, 11) is 1.05. The van der Waals surface area contributed by atoms with Crippen molar-refractivity contribution < 1.29 is 37.1 Å². The molecule has 0 aliphatic rings. The van der Waals surface area contributed by atoms with Gasteiger partial charge in [0.25, 0.3) is 5.88 Å². The monoisotopic (exact) mass is 324 g/mol. The molecule has 1 heterocycles. The highest BCUT2D eigenvalue weighted by atomic mass is 19.4. The van der Waals surface area contributed by atoms with Gasteiger partial charge in [0.05, 0.1) is 36.8 Å². The standard InChI is InChI=1S/C11H11F3N2O6/c1-3-21-9(17)4-6-8(22-11(12,13)14)5-7(16(18)19)10(15-6)20-2/h5H,3-4H2,1-2H3. The molecule has 0 fully saturated rings. The lowest BCUT2D eigenvalue weighted by molar-refractivity contribution is -0.386. The van der Waals surface area contributed by atoms with Gasteiger partial charge in [-0.1, -0.05) is 0 Å². The van der Waals surface area contributed by atoms with Crippen LogP contribution in [0.25, 0.3) is 0 Å². The van der Waals surface area contributed by atoms with Crippen molar-refractivity contribution in [3.8, 4) is 11.6 Å². The van der Waals surface area contributed by atoms with Gasteiger partial charge in [-0.3, -0.25) is 14.9 Å². The Labute approximate surface area is 121 Å². The molecule has 1 aromatic rings. The average Bonchev–Trinajstić information content (AvgIpc) is 2.38. The summed E-state index contributed by atoms with van der Waals surface area (Å²) in [6.07, 6.45) is -5.76. The van der Waals surface area contributed by atoms with Gasteiger partial charge in [0.2, 0.25) is 0 Å². The van der Waals surface area contributed by atoms with Crippen molar-refractivity contribution in [3.05, 3.63) is 21.9 Å². The van der Waals surface area contributed by atoms with Gasteiger partial charge in [-0.25, -0.2) is 4.98 Å². The Morgan fingerprint density at radius 1 is 1.45 bits per heavy atom. The van der Waals surface area contributed by atoms with Crippen molar-refractivity contribution in [2.24, 2.45) is 0 Å². The molecule has 0 spiro atoms. The summed E-state index contributed by atoms with van der Waals surface area (Å²) < 4.78 is 50.0. The first-order valence-corrected chi connectivity index (χ1v) is 5.81. The number of hydrogen-bond acceptors (Lipinski definition) is 7. The van der Waals surface area contributed by atoms with Crippen LogP contribution in [0.5, 0.6) is 11.6 Å². The van der Waals surface area contributed by atoms with Crippen LogP contribution in [-0.4, -0.2) is 36.0 Å². The van der Waals surface area contributed by atoms with Crippen molar-refractivity contribution in [2.45, 2.75) is 19.7 Å². The maximum absolute atomic E-state index is 12.4. The summed E-state index contributed by atoms with van der Waals surface area (Å²) in [4.78, 5) is 24.7. The molecule has 0 aliphatic carbocycles. The highest BCUT2D eigenvalue weighted by Gasteiger charge is 2.35. The van der Waals surface area contributed by atoms with Gasteiger partial charge < -0.3 is 14.2 Å². The number of alkyl halides is 3. The number of halogens is 3. The average molecular weight is 324 g/mol. The van der Waals surface area contributed by atoms with Crippen LogP contribution in [0.2, 0.25) is 0 Å². The first kappa shape index (κ1) is 17.5. The van der Waals surface area contributed by atoms with Gasteiger partial charge in [-0.2, -0.15) is 0 Å². The molecule has 122 valence electrons. The second-order valence-corrected chi connectivity index (χ2v) is 3.75. The minimum absolute atomic E-state index is 0.0123. The quantitative estimate of drug-likeness (QED) is 0.448. The normalized spacial score (nSPS) is 11.0. The molecule has 8 nitrogen and oxygen atoms in total. The summed E-state index contributed by atoms with van der Waals surface area (Å²) in [5.41, 5.74) is -1.31. The fourth-order valence-electron chi connectivity index (χ4n) is 1.47. The van der Waals surface area contributed by atoms with E-state index in [2.05, 4.69) is 19.2 Å². The van der Waals surface area contributed by atoms with Gasteiger partial charge in [0.1, 0.15) is 0 Å². The Balaban J connectivity index is 3.31. The molecule has 0 bridgehead atoms. The molecular weight excluding hydrogens is 313 g/mol. The zero-order valence-corrected chi connectivity index (χ0v) is 11.5. The Bertz CT molecular complexity index is 576. The second-order valence-electron chi connectivity index (χ2n) is 3.75. The summed E-state index contributed by atoms with van der Waals surface area (Å²) >= 11 is 0. The number of nitro groups is 1. The van der Waals surface area contributed by atoms with Crippen LogP contribution < -0.4 is 9.47 Å². The van der Waals surface area contributed by atoms with Crippen molar-refractivity contribution in [1.82, 2.24) is 4.98 Å². The summed E-state index contributed by atoms with van der Waals surface area (Å²) in [6, 6.07) is 0.494. The number of esters is 1. The molecule has 1 rings (SSSR count). The van der Waals surface area contributed by atoms with E-state index >= 15 is 0 Å². The Morgan fingerprint density at radius 2 is 2.09 bits per heavy atom. The highest BCUT2D eigenvalue weighted by Crippen LogP contribution is 2.34. The molecule has 0 radical (unpaired) electrons. The number of carbonyl (C=O) groups excluding carboxylic acids is 1. The van der Waals surface area contributed by atoms with E-state index in [4.69, 9.17) is 0 Å². The van der Waals surface area contributed by atoms with Gasteiger partial charge >= 0.3 is 18.0 Å². The van der Waals surface area contributed by atoms with Crippen molar-refractivity contribution >= 4 is 11.7 Å². The zero-order valence-electron chi connectivity index (χ0n) is 11.5. The fourth-order valence-corrected chi connectivity index (χ4v) is 1.47. The van der Waals surface area contributed by atoms with Crippen LogP contribution in [0, 0.1) is 10.1 Å². The molecule has 0 atom stereocenters. The van der Waals surface area contributed by atoms with E-state index in [1.807, 2.05) is 0 Å². The minimum atomic E-state index is -5.10. The maximum atomic E-state index is 12.4. The molecule has 0 N–H and O–H groups in total. The molecular formula is C11H11F3N2O6. The van der Waals surface area contributed by atoms with Crippen molar-refractivity contribution in [1.29, 1.82) is 0 Å².